The van der Waals surface area contributed by atoms with Crippen LogP contribution in [0.25, 0.3) is 0 Å². The minimum absolute atomic E-state index is 0.0457. The molecule has 0 spiro atoms. The van der Waals surface area contributed by atoms with Gasteiger partial charge in [-0.2, -0.15) is 0 Å². The quantitative estimate of drug-likeness (QED) is 0.760. The summed E-state index contributed by atoms with van der Waals surface area (Å²) in [5, 5.41) is 3.32. The predicted molar refractivity (Wildman–Crippen MR) is 111 cm³/mol. The van der Waals surface area contributed by atoms with E-state index in [4.69, 9.17) is 16.3 Å². The number of ether oxygens (including phenoxy) is 1. The highest BCUT2D eigenvalue weighted by molar-refractivity contribution is 6.32. The van der Waals surface area contributed by atoms with Crippen molar-refractivity contribution >= 4 is 29.1 Å². The topological polar surface area (TPSA) is 58.6 Å². The highest BCUT2D eigenvalue weighted by Gasteiger charge is 2.24. The fourth-order valence-electron chi connectivity index (χ4n) is 3.27. The zero-order valence-electron chi connectivity index (χ0n) is 16.0. The fraction of sp³-hybridized carbons (Fsp3) is 0.364. The molecule has 1 N–H and O–H groups in total. The minimum Gasteiger partial charge on any atom is -0.479 e. The average Bonchev–Trinajstić information content (AvgIpc) is 2.73. The van der Waals surface area contributed by atoms with Gasteiger partial charge in [-0.3, -0.25) is 9.59 Å². The molecule has 0 aromatic heterocycles. The van der Waals surface area contributed by atoms with Crippen LogP contribution in [0.15, 0.2) is 48.5 Å². The van der Waals surface area contributed by atoms with Gasteiger partial charge in [-0.15, -0.1) is 0 Å². The van der Waals surface area contributed by atoms with E-state index in [1.807, 2.05) is 17.9 Å². The number of carbonyl (C=O) groups excluding carboxylic acids is 2. The smallest absolute Gasteiger partial charge is 0.265 e. The zero-order valence-corrected chi connectivity index (χ0v) is 16.7. The molecule has 148 valence electrons. The van der Waals surface area contributed by atoms with Gasteiger partial charge in [0, 0.05) is 13.1 Å². The van der Waals surface area contributed by atoms with Crippen molar-refractivity contribution in [2.75, 3.05) is 18.4 Å². The molecule has 0 saturated carbocycles. The van der Waals surface area contributed by atoms with E-state index in [1.54, 1.807) is 42.5 Å². The number of likely N-dealkylation sites (tertiary alicyclic amines) is 1. The Morgan fingerprint density at radius 2 is 1.75 bits per heavy atom. The van der Waals surface area contributed by atoms with Crippen LogP contribution in [0.1, 0.15) is 43.0 Å². The van der Waals surface area contributed by atoms with Gasteiger partial charge >= 0.3 is 0 Å². The summed E-state index contributed by atoms with van der Waals surface area (Å²) in [4.78, 5) is 27.6. The second-order valence-electron chi connectivity index (χ2n) is 6.83. The molecule has 0 aliphatic carbocycles. The molecule has 3 rings (SSSR count). The summed E-state index contributed by atoms with van der Waals surface area (Å²) in [6, 6.07) is 14.2. The number of amides is 2. The highest BCUT2D eigenvalue weighted by Crippen LogP contribution is 2.26. The molecule has 0 radical (unpaired) electrons. The molecular formula is C22H25ClN2O3. The molecule has 2 aromatic carbocycles. The third-order valence-corrected chi connectivity index (χ3v) is 5.14. The maximum Gasteiger partial charge on any atom is 0.265 e. The number of rotatable bonds is 6. The summed E-state index contributed by atoms with van der Waals surface area (Å²) in [7, 11) is 0. The van der Waals surface area contributed by atoms with Gasteiger partial charge in [0.05, 0.1) is 16.3 Å². The molecule has 28 heavy (non-hydrogen) atoms. The van der Waals surface area contributed by atoms with Crippen LogP contribution in [0, 0.1) is 0 Å². The summed E-state index contributed by atoms with van der Waals surface area (Å²) >= 11 is 6.14. The maximum atomic E-state index is 12.9. The van der Waals surface area contributed by atoms with Crippen LogP contribution in [0.2, 0.25) is 5.02 Å². The van der Waals surface area contributed by atoms with E-state index in [-0.39, 0.29) is 11.8 Å². The average molecular weight is 401 g/mol. The standard InChI is InChI=1S/C22H25ClN2O3/c1-2-19(28-20-13-7-5-11-17(20)23)21(26)24-18-12-6-4-10-16(18)22(27)25-14-8-3-9-15-25/h4-7,10-13,19H,2-3,8-9,14-15H2,1H3,(H,24,26)/t19-/m0/s1. The summed E-state index contributed by atoms with van der Waals surface area (Å²) in [6.07, 6.45) is 2.95. The Morgan fingerprint density at radius 1 is 1.07 bits per heavy atom. The summed E-state index contributed by atoms with van der Waals surface area (Å²) in [5.74, 6) is 0.112. The Hall–Kier alpha value is -2.53. The number of nitrogens with zero attached hydrogens (tertiary/aromatic N) is 1. The van der Waals surface area contributed by atoms with E-state index in [1.165, 1.54) is 0 Å². The fourth-order valence-corrected chi connectivity index (χ4v) is 3.46. The molecule has 5 nitrogen and oxygen atoms in total. The Morgan fingerprint density at radius 3 is 2.46 bits per heavy atom. The van der Waals surface area contributed by atoms with Gasteiger partial charge in [-0.25, -0.2) is 0 Å². The molecule has 0 bridgehead atoms. The number of para-hydroxylation sites is 2. The van der Waals surface area contributed by atoms with Crippen molar-refractivity contribution in [1.29, 1.82) is 0 Å². The van der Waals surface area contributed by atoms with E-state index < -0.39 is 6.10 Å². The van der Waals surface area contributed by atoms with Crippen LogP contribution in [-0.4, -0.2) is 35.9 Å². The Labute approximate surface area is 170 Å². The third-order valence-electron chi connectivity index (χ3n) is 4.83. The van der Waals surface area contributed by atoms with E-state index in [0.29, 0.717) is 28.4 Å². The predicted octanol–water partition coefficient (Wildman–Crippen LogP) is 4.76. The number of benzene rings is 2. The largest absolute Gasteiger partial charge is 0.479 e. The number of anilines is 1. The van der Waals surface area contributed by atoms with Crippen molar-refractivity contribution in [2.45, 2.75) is 38.7 Å². The van der Waals surface area contributed by atoms with Crippen molar-refractivity contribution in [2.24, 2.45) is 0 Å². The van der Waals surface area contributed by atoms with Crippen molar-refractivity contribution in [1.82, 2.24) is 4.90 Å². The lowest BCUT2D eigenvalue weighted by Crippen LogP contribution is -2.37. The van der Waals surface area contributed by atoms with Crippen LogP contribution in [0.3, 0.4) is 0 Å². The molecule has 1 aliphatic rings. The number of halogens is 1. The zero-order chi connectivity index (χ0) is 19.9. The molecule has 1 atom stereocenters. The summed E-state index contributed by atoms with van der Waals surface area (Å²) in [5.41, 5.74) is 1.01. The first-order valence-electron chi connectivity index (χ1n) is 9.70. The number of hydrogen-bond donors (Lipinski definition) is 1. The second kappa shape index (κ2) is 9.60. The van der Waals surface area contributed by atoms with Crippen molar-refractivity contribution in [3.8, 4) is 5.75 Å². The van der Waals surface area contributed by atoms with E-state index in [9.17, 15) is 9.59 Å². The number of nitrogens with one attached hydrogen (secondary N) is 1. The highest BCUT2D eigenvalue weighted by atomic mass is 35.5. The third kappa shape index (κ3) is 4.84. The first kappa shape index (κ1) is 20.2. The van der Waals surface area contributed by atoms with Gasteiger partial charge in [0.15, 0.2) is 6.10 Å². The maximum absolute atomic E-state index is 12.9. The van der Waals surface area contributed by atoms with Crippen molar-refractivity contribution in [3.05, 3.63) is 59.1 Å². The first-order chi connectivity index (χ1) is 13.6. The molecule has 1 heterocycles. The molecule has 1 aliphatic heterocycles. The van der Waals surface area contributed by atoms with E-state index in [2.05, 4.69) is 5.32 Å². The summed E-state index contributed by atoms with van der Waals surface area (Å²) < 4.78 is 5.81. The van der Waals surface area contributed by atoms with Crippen LogP contribution in [0.5, 0.6) is 5.75 Å². The monoisotopic (exact) mass is 400 g/mol. The minimum atomic E-state index is -0.710. The van der Waals surface area contributed by atoms with E-state index >= 15 is 0 Å². The van der Waals surface area contributed by atoms with Crippen LogP contribution < -0.4 is 10.1 Å². The Kier molecular flexibility index (Phi) is 6.93. The number of hydrogen-bond acceptors (Lipinski definition) is 3. The van der Waals surface area contributed by atoms with Crippen molar-refractivity contribution < 1.29 is 14.3 Å². The summed E-state index contributed by atoms with van der Waals surface area (Å²) in [6.45, 7) is 3.38. The lowest BCUT2D eigenvalue weighted by Gasteiger charge is -2.27. The molecule has 1 fully saturated rings. The molecular weight excluding hydrogens is 376 g/mol. The lowest BCUT2D eigenvalue weighted by molar-refractivity contribution is -0.122. The van der Waals surface area contributed by atoms with E-state index in [0.717, 1.165) is 32.4 Å². The van der Waals surface area contributed by atoms with Gasteiger partial charge in [-0.05, 0) is 49.9 Å². The SMILES string of the molecule is CC[C@H](Oc1ccccc1Cl)C(=O)Nc1ccccc1C(=O)N1CCCCC1. The normalized spacial score (nSPS) is 15.0. The first-order valence-corrected chi connectivity index (χ1v) is 10.1. The van der Waals surface area contributed by atoms with Gasteiger partial charge in [-0.1, -0.05) is 42.8 Å². The van der Waals surface area contributed by atoms with Crippen molar-refractivity contribution in [3.63, 3.8) is 0 Å². The van der Waals surface area contributed by atoms with Gasteiger partial charge in [0.2, 0.25) is 0 Å². The second-order valence-corrected chi connectivity index (χ2v) is 7.24. The molecule has 0 unspecified atom stereocenters. The molecule has 2 aromatic rings. The van der Waals surface area contributed by atoms with Gasteiger partial charge in [0.1, 0.15) is 5.75 Å². The van der Waals surface area contributed by atoms with Gasteiger partial charge < -0.3 is 15.0 Å². The van der Waals surface area contributed by atoms with Crippen LogP contribution in [0.4, 0.5) is 5.69 Å². The molecule has 2 amide bonds. The number of carbonyl (C=O) groups is 2. The van der Waals surface area contributed by atoms with Gasteiger partial charge in [0.25, 0.3) is 11.8 Å². The molecule has 1 saturated heterocycles. The van der Waals surface area contributed by atoms with Crippen LogP contribution in [-0.2, 0) is 4.79 Å². The molecule has 6 heteroatoms. The lowest BCUT2D eigenvalue weighted by atomic mass is 10.1. The Bertz CT molecular complexity index is 834. The number of piperidine rings is 1. The Balaban J connectivity index is 1.74. The van der Waals surface area contributed by atoms with Crippen LogP contribution >= 0.6 is 11.6 Å².